The van der Waals surface area contributed by atoms with Crippen LogP contribution in [0.2, 0.25) is 0 Å². The van der Waals surface area contributed by atoms with Crippen molar-refractivity contribution < 1.29 is 14.3 Å². The highest BCUT2D eigenvalue weighted by Gasteiger charge is 2.26. The van der Waals surface area contributed by atoms with Crippen molar-refractivity contribution in [2.45, 2.75) is 31.9 Å². The number of nitrogens with zero attached hydrogens (tertiary/aromatic N) is 3. The molecule has 2 aliphatic rings. The number of benzene rings is 1. The van der Waals surface area contributed by atoms with Crippen molar-refractivity contribution in [2.75, 3.05) is 53.4 Å². The number of nitrogens with one attached hydrogen (secondary N) is 2. The second-order valence-electron chi connectivity index (χ2n) is 7.64. The fourth-order valence-electron chi connectivity index (χ4n) is 3.32. The zero-order chi connectivity index (χ0) is 20.6. The van der Waals surface area contributed by atoms with Crippen LogP contribution in [0.5, 0.6) is 11.5 Å². The van der Waals surface area contributed by atoms with Gasteiger partial charge in [-0.25, -0.2) is 0 Å². The molecule has 1 aromatic rings. The Balaban J connectivity index is 1.37. The van der Waals surface area contributed by atoms with E-state index in [0.29, 0.717) is 19.1 Å². The Hall–Kier alpha value is -2.48. The molecule has 1 saturated carbocycles. The molecule has 0 spiro atoms. The summed E-state index contributed by atoms with van der Waals surface area (Å²) in [6, 6.07) is 8.01. The van der Waals surface area contributed by atoms with Crippen LogP contribution in [0.1, 0.15) is 19.8 Å². The van der Waals surface area contributed by atoms with Crippen molar-refractivity contribution in [3.8, 4) is 11.5 Å². The molecule has 0 bridgehead atoms. The summed E-state index contributed by atoms with van der Waals surface area (Å²) in [6.45, 7) is 6.59. The molecular weight excluding hydrogens is 370 g/mol. The Morgan fingerprint density at radius 1 is 1.17 bits per heavy atom. The number of aliphatic imine (C=N–C) groups is 1. The Morgan fingerprint density at radius 2 is 1.83 bits per heavy atom. The van der Waals surface area contributed by atoms with Gasteiger partial charge in [0.2, 0.25) is 5.91 Å². The lowest BCUT2D eigenvalue weighted by Gasteiger charge is -2.36. The molecule has 1 atom stereocenters. The van der Waals surface area contributed by atoms with E-state index in [9.17, 15) is 4.79 Å². The van der Waals surface area contributed by atoms with Crippen molar-refractivity contribution in [1.29, 1.82) is 0 Å². The number of rotatable bonds is 8. The van der Waals surface area contributed by atoms with Gasteiger partial charge in [-0.2, -0.15) is 0 Å². The molecule has 3 rings (SSSR count). The van der Waals surface area contributed by atoms with Crippen molar-refractivity contribution in [1.82, 2.24) is 20.4 Å². The summed E-state index contributed by atoms with van der Waals surface area (Å²) >= 11 is 0. The van der Waals surface area contributed by atoms with E-state index in [2.05, 4.69) is 25.4 Å². The van der Waals surface area contributed by atoms with E-state index in [0.717, 1.165) is 56.5 Å². The predicted octanol–water partition coefficient (Wildman–Crippen LogP) is 0.934. The number of hydrogen-bond donors (Lipinski definition) is 2. The van der Waals surface area contributed by atoms with Crippen molar-refractivity contribution in [3.63, 3.8) is 0 Å². The normalized spacial score (nSPS) is 18.9. The van der Waals surface area contributed by atoms with Crippen LogP contribution in [0.15, 0.2) is 29.3 Å². The zero-order valence-corrected chi connectivity index (χ0v) is 17.7. The van der Waals surface area contributed by atoms with E-state index < -0.39 is 0 Å². The van der Waals surface area contributed by atoms with Gasteiger partial charge in [-0.3, -0.25) is 14.7 Å². The maximum absolute atomic E-state index is 12.0. The van der Waals surface area contributed by atoms with E-state index >= 15 is 0 Å². The number of piperazine rings is 1. The number of ether oxygens (including phenoxy) is 2. The minimum absolute atomic E-state index is 0.00689. The van der Waals surface area contributed by atoms with Gasteiger partial charge in [0.05, 0.1) is 20.2 Å². The molecule has 0 radical (unpaired) electrons. The average Bonchev–Trinajstić information content (AvgIpc) is 3.54. The summed E-state index contributed by atoms with van der Waals surface area (Å²) in [5.74, 6) is 2.64. The minimum Gasteiger partial charge on any atom is -0.497 e. The summed E-state index contributed by atoms with van der Waals surface area (Å²) in [4.78, 5) is 20.8. The number of carbonyl (C=O) groups is 1. The molecule has 2 N–H and O–H groups in total. The van der Waals surface area contributed by atoms with Crippen molar-refractivity contribution >= 4 is 11.9 Å². The molecule has 2 fully saturated rings. The number of guanidine groups is 1. The Bertz CT molecular complexity index is 682. The standard InChI is InChI=1S/C21H33N5O3/c1-16(29-19-8-6-18(28-3)7-9-19)14-23-21(22-2)26-12-10-25(11-13-26)15-20(27)24-17-4-5-17/h6-9,16-17H,4-5,10-15H2,1-3H3,(H,22,23)(H,24,27). The maximum atomic E-state index is 12.0. The van der Waals surface area contributed by atoms with Crippen LogP contribution in [-0.4, -0.2) is 87.2 Å². The van der Waals surface area contributed by atoms with Gasteiger partial charge in [-0.1, -0.05) is 0 Å². The molecule has 1 aliphatic carbocycles. The molecule has 8 heteroatoms. The van der Waals surface area contributed by atoms with Gasteiger partial charge >= 0.3 is 0 Å². The maximum Gasteiger partial charge on any atom is 0.234 e. The van der Waals surface area contributed by atoms with Gasteiger partial charge in [0.25, 0.3) is 0 Å². The summed E-state index contributed by atoms with van der Waals surface area (Å²) in [6.07, 6.45) is 2.25. The molecule has 1 saturated heterocycles. The quantitative estimate of drug-likeness (QED) is 0.497. The lowest BCUT2D eigenvalue weighted by atomic mass is 10.3. The second kappa shape index (κ2) is 10.3. The van der Waals surface area contributed by atoms with Crippen molar-refractivity contribution in [3.05, 3.63) is 24.3 Å². The van der Waals surface area contributed by atoms with Gasteiger partial charge in [0.15, 0.2) is 5.96 Å². The van der Waals surface area contributed by atoms with E-state index in [-0.39, 0.29) is 12.0 Å². The fraction of sp³-hybridized carbons (Fsp3) is 0.619. The largest absolute Gasteiger partial charge is 0.497 e. The van der Waals surface area contributed by atoms with Crippen molar-refractivity contribution in [2.24, 2.45) is 4.99 Å². The first-order valence-corrected chi connectivity index (χ1v) is 10.4. The summed E-state index contributed by atoms with van der Waals surface area (Å²) in [5.41, 5.74) is 0. The zero-order valence-electron chi connectivity index (χ0n) is 17.7. The predicted molar refractivity (Wildman–Crippen MR) is 114 cm³/mol. The molecule has 1 aromatic carbocycles. The lowest BCUT2D eigenvalue weighted by Crippen LogP contribution is -2.54. The second-order valence-corrected chi connectivity index (χ2v) is 7.64. The molecule has 1 unspecified atom stereocenters. The minimum atomic E-state index is -0.00689. The summed E-state index contributed by atoms with van der Waals surface area (Å²) < 4.78 is 11.1. The monoisotopic (exact) mass is 403 g/mol. The molecule has 1 aliphatic heterocycles. The van der Waals surface area contributed by atoms with Crippen LogP contribution in [0.25, 0.3) is 0 Å². The van der Waals surface area contributed by atoms with Gasteiger partial charge in [0, 0.05) is 39.3 Å². The first-order chi connectivity index (χ1) is 14.1. The van der Waals surface area contributed by atoms with Crippen LogP contribution in [0.4, 0.5) is 0 Å². The van der Waals surface area contributed by atoms with Gasteiger partial charge in [0.1, 0.15) is 17.6 Å². The topological polar surface area (TPSA) is 78.4 Å². The van der Waals surface area contributed by atoms with E-state index in [4.69, 9.17) is 9.47 Å². The molecule has 8 nitrogen and oxygen atoms in total. The van der Waals surface area contributed by atoms with Crippen LogP contribution < -0.4 is 20.1 Å². The molecule has 160 valence electrons. The first-order valence-electron chi connectivity index (χ1n) is 10.4. The highest BCUT2D eigenvalue weighted by Crippen LogP contribution is 2.19. The highest BCUT2D eigenvalue weighted by atomic mass is 16.5. The van der Waals surface area contributed by atoms with E-state index in [1.54, 1.807) is 14.2 Å². The average molecular weight is 404 g/mol. The van der Waals surface area contributed by atoms with Gasteiger partial charge < -0.3 is 25.0 Å². The lowest BCUT2D eigenvalue weighted by molar-refractivity contribution is -0.122. The first kappa shape index (κ1) is 21.2. The van der Waals surface area contributed by atoms with E-state index in [1.165, 1.54) is 0 Å². The van der Waals surface area contributed by atoms with Crippen LogP contribution in [-0.2, 0) is 4.79 Å². The van der Waals surface area contributed by atoms with Gasteiger partial charge in [-0.15, -0.1) is 0 Å². The summed E-state index contributed by atoms with van der Waals surface area (Å²) in [7, 11) is 3.45. The number of carbonyl (C=O) groups excluding carboxylic acids is 1. The molecule has 0 aromatic heterocycles. The van der Waals surface area contributed by atoms with Crippen LogP contribution in [0.3, 0.4) is 0 Å². The Morgan fingerprint density at radius 3 is 2.41 bits per heavy atom. The van der Waals surface area contributed by atoms with Gasteiger partial charge in [-0.05, 0) is 44.0 Å². The smallest absolute Gasteiger partial charge is 0.234 e. The Kier molecular flexibility index (Phi) is 7.57. The SMILES string of the molecule is CN=C(NCC(C)Oc1ccc(OC)cc1)N1CCN(CC(=O)NC2CC2)CC1. The third kappa shape index (κ3) is 6.81. The number of methoxy groups -OCH3 is 1. The third-order valence-corrected chi connectivity index (χ3v) is 5.14. The van der Waals surface area contributed by atoms with Crippen LogP contribution >= 0.6 is 0 Å². The molecular formula is C21H33N5O3. The number of hydrogen-bond acceptors (Lipinski definition) is 5. The van der Waals surface area contributed by atoms with Crippen LogP contribution in [0, 0.1) is 0 Å². The number of amides is 1. The fourth-order valence-corrected chi connectivity index (χ4v) is 3.32. The highest BCUT2D eigenvalue weighted by molar-refractivity contribution is 5.80. The third-order valence-electron chi connectivity index (χ3n) is 5.14. The molecule has 1 amide bonds. The Labute approximate surface area is 173 Å². The summed E-state index contributed by atoms with van der Waals surface area (Å²) in [5, 5.41) is 6.45. The molecule has 29 heavy (non-hydrogen) atoms. The molecule has 1 heterocycles. The van der Waals surface area contributed by atoms with E-state index in [1.807, 2.05) is 31.2 Å².